The Morgan fingerprint density at radius 3 is 2.90 bits per heavy atom. The summed E-state index contributed by atoms with van der Waals surface area (Å²) in [6, 6.07) is 5.88. The van der Waals surface area contributed by atoms with E-state index in [4.69, 9.17) is 9.47 Å². The van der Waals surface area contributed by atoms with Crippen molar-refractivity contribution in [3.05, 3.63) is 23.8 Å². The predicted octanol–water partition coefficient (Wildman–Crippen LogP) is 3.24. The summed E-state index contributed by atoms with van der Waals surface area (Å²) in [6.07, 6.45) is 4.39. The number of amides is 1. The van der Waals surface area contributed by atoms with Gasteiger partial charge in [-0.05, 0) is 43.9 Å². The molecule has 3 rings (SSSR count). The van der Waals surface area contributed by atoms with Gasteiger partial charge in [0.05, 0.1) is 0 Å². The maximum atomic E-state index is 12.7. The Kier molecular flexibility index (Phi) is 4.68. The summed E-state index contributed by atoms with van der Waals surface area (Å²) < 4.78 is 11.1. The number of hydrogen-bond acceptors (Lipinski definition) is 3. The third kappa shape index (κ3) is 3.18. The number of nitrogens with zero attached hydrogens (tertiary/aromatic N) is 1. The average Bonchev–Trinajstić information content (AvgIpc) is 3.00. The number of halogens is 1. The first kappa shape index (κ1) is 14.7. The third-order valence-electron chi connectivity index (χ3n) is 4.10. The van der Waals surface area contributed by atoms with Crippen molar-refractivity contribution in [1.29, 1.82) is 0 Å². The molecule has 0 bridgehead atoms. The summed E-state index contributed by atoms with van der Waals surface area (Å²) in [4.78, 5) is 14.7. The smallest absolute Gasteiger partial charge is 0.254 e. The van der Waals surface area contributed by atoms with E-state index in [-0.39, 0.29) is 5.91 Å². The van der Waals surface area contributed by atoms with E-state index in [9.17, 15) is 4.79 Å². The lowest BCUT2D eigenvalue weighted by Gasteiger charge is -2.25. The van der Waals surface area contributed by atoms with Gasteiger partial charge >= 0.3 is 0 Å². The summed E-state index contributed by atoms with van der Waals surface area (Å²) >= 11 is 3.47. The van der Waals surface area contributed by atoms with E-state index < -0.39 is 0 Å². The molecular weight excluding hydrogens is 334 g/mol. The molecule has 0 aromatic heterocycles. The molecule has 1 saturated heterocycles. The van der Waals surface area contributed by atoms with Crippen molar-refractivity contribution in [2.75, 3.05) is 25.1 Å². The second kappa shape index (κ2) is 6.69. The normalized spacial score (nSPS) is 20.6. The Morgan fingerprint density at radius 2 is 2.10 bits per heavy atom. The standard InChI is InChI=1S/C16H20BrNO3/c17-7-1-3-13-4-2-8-18(13)16(19)12-5-6-14-15(11-12)21-10-9-20-14/h5-6,11,13H,1-4,7-10H2. The van der Waals surface area contributed by atoms with Crippen LogP contribution in [0.25, 0.3) is 0 Å². The number of rotatable bonds is 4. The fourth-order valence-electron chi connectivity index (χ4n) is 3.06. The highest BCUT2D eigenvalue weighted by Gasteiger charge is 2.29. The molecule has 1 unspecified atom stereocenters. The molecule has 0 aliphatic carbocycles. The molecule has 1 fully saturated rings. The number of alkyl halides is 1. The highest BCUT2D eigenvalue weighted by Crippen LogP contribution is 2.32. The first-order chi connectivity index (χ1) is 10.3. The van der Waals surface area contributed by atoms with Gasteiger partial charge in [0, 0.05) is 23.5 Å². The number of fused-ring (bicyclic) bond motifs is 1. The van der Waals surface area contributed by atoms with Gasteiger partial charge in [-0.15, -0.1) is 0 Å². The molecule has 5 heteroatoms. The Labute approximate surface area is 133 Å². The lowest BCUT2D eigenvalue weighted by Crippen LogP contribution is -2.35. The van der Waals surface area contributed by atoms with Crippen LogP contribution in [0.5, 0.6) is 11.5 Å². The maximum absolute atomic E-state index is 12.7. The quantitative estimate of drug-likeness (QED) is 0.780. The van der Waals surface area contributed by atoms with Gasteiger partial charge in [-0.2, -0.15) is 0 Å². The number of likely N-dealkylation sites (tertiary alicyclic amines) is 1. The number of hydrogen-bond donors (Lipinski definition) is 0. The van der Waals surface area contributed by atoms with Crippen LogP contribution in [-0.2, 0) is 0 Å². The molecule has 21 heavy (non-hydrogen) atoms. The highest BCUT2D eigenvalue weighted by molar-refractivity contribution is 9.09. The van der Waals surface area contributed by atoms with E-state index in [1.165, 1.54) is 0 Å². The monoisotopic (exact) mass is 353 g/mol. The van der Waals surface area contributed by atoms with Gasteiger partial charge in [-0.3, -0.25) is 4.79 Å². The SMILES string of the molecule is O=C(c1ccc2c(c1)OCCO2)N1CCCC1CCCBr. The van der Waals surface area contributed by atoms with Gasteiger partial charge in [-0.1, -0.05) is 15.9 Å². The summed E-state index contributed by atoms with van der Waals surface area (Å²) in [6.45, 7) is 1.98. The molecular formula is C16H20BrNO3. The van der Waals surface area contributed by atoms with Crippen molar-refractivity contribution in [2.45, 2.75) is 31.7 Å². The molecule has 2 aliphatic heterocycles. The Hall–Kier alpha value is -1.23. The van der Waals surface area contributed by atoms with Gasteiger partial charge in [0.25, 0.3) is 5.91 Å². The minimum Gasteiger partial charge on any atom is -0.486 e. The Morgan fingerprint density at radius 1 is 1.29 bits per heavy atom. The average molecular weight is 354 g/mol. The summed E-state index contributed by atoms with van der Waals surface area (Å²) in [5, 5.41) is 0.996. The molecule has 2 aliphatic rings. The largest absolute Gasteiger partial charge is 0.486 e. The van der Waals surface area contributed by atoms with Gasteiger partial charge in [0.15, 0.2) is 11.5 Å². The molecule has 1 atom stereocenters. The lowest BCUT2D eigenvalue weighted by molar-refractivity contribution is 0.0729. The predicted molar refractivity (Wildman–Crippen MR) is 84.5 cm³/mol. The maximum Gasteiger partial charge on any atom is 0.254 e. The molecule has 1 amide bonds. The summed E-state index contributed by atoms with van der Waals surface area (Å²) in [7, 11) is 0. The van der Waals surface area contributed by atoms with Crippen LogP contribution >= 0.6 is 15.9 Å². The van der Waals surface area contributed by atoms with Crippen molar-refractivity contribution in [3.63, 3.8) is 0 Å². The van der Waals surface area contributed by atoms with Crippen molar-refractivity contribution >= 4 is 21.8 Å². The minimum absolute atomic E-state index is 0.115. The van der Waals surface area contributed by atoms with Crippen LogP contribution in [0.2, 0.25) is 0 Å². The van der Waals surface area contributed by atoms with Crippen molar-refractivity contribution in [1.82, 2.24) is 4.90 Å². The fourth-order valence-corrected chi connectivity index (χ4v) is 3.38. The molecule has 0 spiro atoms. The summed E-state index contributed by atoms with van der Waals surface area (Å²) in [5.74, 6) is 1.53. The Bertz CT molecular complexity index is 520. The first-order valence-electron chi connectivity index (χ1n) is 7.56. The van der Waals surface area contributed by atoms with Gasteiger partial charge in [-0.25, -0.2) is 0 Å². The Balaban J connectivity index is 1.75. The molecule has 4 nitrogen and oxygen atoms in total. The number of carbonyl (C=O) groups excluding carboxylic acids is 1. The second-order valence-corrected chi connectivity index (χ2v) is 6.28. The van der Waals surface area contributed by atoms with Crippen LogP contribution in [0.3, 0.4) is 0 Å². The molecule has 2 heterocycles. The second-order valence-electron chi connectivity index (χ2n) is 5.48. The van der Waals surface area contributed by atoms with Crippen molar-refractivity contribution in [3.8, 4) is 11.5 Å². The van der Waals surface area contributed by atoms with E-state index in [1.54, 1.807) is 0 Å². The van der Waals surface area contributed by atoms with E-state index in [2.05, 4.69) is 15.9 Å². The van der Waals surface area contributed by atoms with E-state index >= 15 is 0 Å². The van der Waals surface area contributed by atoms with Crippen LogP contribution in [-0.4, -0.2) is 41.9 Å². The number of carbonyl (C=O) groups is 1. The molecule has 0 radical (unpaired) electrons. The zero-order valence-corrected chi connectivity index (χ0v) is 13.6. The molecule has 1 aromatic carbocycles. The number of benzene rings is 1. The third-order valence-corrected chi connectivity index (χ3v) is 4.66. The molecule has 1 aromatic rings. The van der Waals surface area contributed by atoms with E-state index in [0.717, 1.165) is 43.3 Å². The van der Waals surface area contributed by atoms with Gasteiger partial charge in [0.1, 0.15) is 13.2 Å². The van der Waals surface area contributed by atoms with Crippen LogP contribution < -0.4 is 9.47 Å². The fraction of sp³-hybridized carbons (Fsp3) is 0.562. The van der Waals surface area contributed by atoms with E-state index in [1.807, 2.05) is 23.1 Å². The lowest BCUT2D eigenvalue weighted by atomic mass is 10.1. The first-order valence-corrected chi connectivity index (χ1v) is 8.68. The highest BCUT2D eigenvalue weighted by atomic mass is 79.9. The molecule has 0 saturated carbocycles. The summed E-state index contributed by atoms with van der Waals surface area (Å²) in [5.41, 5.74) is 0.699. The van der Waals surface area contributed by atoms with Gasteiger partial charge in [0.2, 0.25) is 0 Å². The topological polar surface area (TPSA) is 38.8 Å². The van der Waals surface area contributed by atoms with Gasteiger partial charge < -0.3 is 14.4 Å². The molecule has 114 valence electrons. The van der Waals surface area contributed by atoms with Crippen LogP contribution in [0.15, 0.2) is 18.2 Å². The zero-order valence-electron chi connectivity index (χ0n) is 12.0. The van der Waals surface area contributed by atoms with Crippen LogP contribution in [0.1, 0.15) is 36.0 Å². The van der Waals surface area contributed by atoms with Crippen molar-refractivity contribution < 1.29 is 14.3 Å². The molecule has 0 N–H and O–H groups in total. The zero-order chi connectivity index (χ0) is 14.7. The minimum atomic E-state index is 0.115. The van der Waals surface area contributed by atoms with Crippen LogP contribution in [0.4, 0.5) is 0 Å². The number of ether oxygens (including phenoxy) is 2. The van der Waals surface area contributed by atoms with E-state index in [0.29, 0.717) is 30.6 Å². The van der Waals surface area contributed by atoms with Crippen LogP contribution in [0, 0.1) is 0 Å². The van der Waals surface area contributed by atoms with Crippen molar-refractivity contribution in [2.24, 2.45) is 0 Å².